The first-order chi connectivity index (χ1) is 15.0. The number of thiocarbonyl (C=S) groups is 1. The molecule has 9 heteroatoms. The molecule has 0 atom stereocenters. The van der Waals surface area contributed by atoms with Crippen molar-refractivity contribution in [2.45, 2.75) is 20.0 Å². The average Bonchev–Trinajstić information content (AvgIpc) is 3.36. The third kappa shape index (κ3) is 5.48. The van der Waals surface area contributed by atoms with Gasteiger partial charge in [-0.05, 0) is 36.8 Å². The number of benzene rings is 2. The molecule has 158 valence electrons. The van der Waals surface area contributed by atoms with Crippen LogP contribution in [0.2, 0.25) is 5.02 Å². The normalized spacial score (nSPS) is 10.8. The Labute approximate surface area is 189 Å². The maximum absolute atomic E-state index is 14.0. The van der Waals surface area contributed by atoms with Crippen LogP contribution in [0.3, 0.4) is 0 Å². The van der Waals surface area contributed by atoms with Crippen molar-refractivity contribution in [3.8, 4) is 0 Å². The maximum Gasteiger partial charge on any atom is 0.177 e. The predicted molar refractivity (Wildman–Crippen MR) is 125 cm³/mol. The fourth-order valence-corrected chi connectivity index (χ4v) is 3.45. The molecular weight excluding hydrogens is 435 g/mol. The number of anilines is 2. The van der Waals surface area contributed by atoms with Crippen molar-refractivity contribution in [1.29, 1.82) is 0 Å². The third-order valence-corrected chi connectivity index (χ3v) is 5.17. The van der Waals surface area contributed by atoms with Gasteiger partial charge in [0.15, 0.2) is 16.7 Å². The van der Waals surface area contributed by atoms with Crippen LogP contribution in [0.15, 0.2) is 67.0 Å². The number of rotatable bonds is 6. The predicted octanol–water partition coefficient (Wildman–Crippen LogP) is 5.09. The Morgan fingerprint density at radius 1 is 0.935 bits per heavy atom. The van der Waals surface area contributed by atoms with Crippen LogP contribution in [0.1, 0.15) is 16.7 Å². The van der Waals surface area contributed by atoms with Gasteiger partial charge in [0.25, 0.3) is 0 Å². The zero-order valence-corrected chi connectivity index (χ0v) is 18.3. The van der Waals surface area contributed by atoms with Gasteiger partial charge in [-0.15, -0.1) is 0 Å². The molecule has 0 aliphatic rings. The lowest BCUT2D eigenvalue weighted by atomic mass is 10.1. The Hall–Kier alpha value is -3.23. The van der Waals surface area contributed by atoms with Gasteiger partial charge in [0.05, 0.1) is 13.1 Å². The first kappa shape index (κ1) is 21.0. The second-order valence-corrected chi connectivity index (χ2v) is 7.88. The maximum atomic E-state index is 14.0. The summed E-state index contributed by atoms with van der Waals surface area (Å²) in [7, 11) is 0. The number of nitrogens with one attached hydrogen (secondary N) is 2. The number of hydrogen-bond donors (Lipinski definition) is 2. The van der Waals surface area contributed by atoms with Gasteiger partial charge in [0.2, 0.25) is 0 Å². The molecule has 0 bridgehead atoms. The summed E-state index contributed by atoms with van der Waals surface area (Å²) in [6.45, 7) is 2.95. The Morgan fingerprint density at radius 2 is 1.55 bits per heavy atom. The molecule has 0 amide bonds. The number of nitrogens with zero attached hydrogens (tertiary/aromatic N) is 4. The minimum absolute atomic E-state index is 0.219. The van der Waals surface area contributed by atoms with Gasteiger partial charge in [-0.3, -0.25) is 9.36 Å². The van der Waals surface area contributed by atoms with Crippen LogP contribution in [0.5, 0.6) is 0 Å². The molecule has 0 spiro atoms. The molecule has 4 aromatic rings. The number of halogens is 2. The highest BCUT2D eigenvalue weighted by atomic mass is 35.5. The minimum atomic E-state index is -0.365. The molecular formula is C22H20ClFN6S. The van der Waals surface area contributed by atoms with E-state index in [2.05, 4.69) is 52.0 Å². The van der Waals surface area contributed by atoms with E-state index in [1.165, 1.54) is 17.2 Å². The SMILES string of the molecule is Cc1ccc(Cn2ccc(NC(=S)Nc3ccn(Cc4c(F)cccc4Cl)n3)n2)cc1. The van der Waals surface area contributed by atoms with Crippen LogP contribution < -0.4 is 10.6 Å². The Balaban J connectivity index is 1.33. The second-order valence-electron chi connectivity index (χ2n) is 7.06. The van der Waals surface area contributed by atoms with Crippen molar-refractivity contribution in [2.75, 3.05) is 10.6 Å². The van der Waals surface area contributed by atoms with Crippen molar-refractivity contribution >= 4 is 40.6 Å². The molecule has 2 heterocycles. The zero-order chi connectivity index (χ0) is 21.8. The number of aryl methyl sites for hydroxylation is 1. The molecule has 6 nitrogen and oxygen atoms in total. The molecule has 0 saturated carbocycles. The first-order valence-electron chi connectivity index (χ1n) is 9.59. The van der Waals surface area contributed by atoms with Crippen molar-refractivity contribution in [3.63, 3.8) is 0 Å². The van der Waals surface area contributed by atoms with Crippen LogP contribution >= 0.6 is 23.8 Å². The van der Waals surface area contributed by atoms with Crippen LogP contribution in [-0.4, -0.2) is 24.7 Å². The Kier molecular flexibility index (Phi) is 6.29. The lowest BCUT2D eigenvalue weighted by molar-refractivity contribution is 0.586. The Bertz CT molecular complexity index is 1180. The fraction of sp³-hybridized carbons (Fsp3) is 0.136. The standard InChI is InChI=1S/C22H20ClFN6S/c1-15-5-7-16(8-6-15)13-29-11-9-20(27-29)25-22(31)26-21-10-12-30(28-21)14-17-18(23)3-2-4-19(17)24/h2-12H,13-14H2,1H3,(H2,25,26,27,28,31). The van der Waals surface area contributed by atoms with E-state index in [-0.39, 0.29) is 12.4 Å². The van der Waals surface area contributed by atoms with Gasteiger partial charge in [-0.25, -0.2) is 4.39 Å². The highest BCUT2D eigenvalue weighted by Crippen LogP contribution is 2.20. The fourth-order valence-electron chi connectivity index (χ4n) is 3.02. The molecule has 0 radical (unpaired) electrons. The summed E-state index contributed by atoms with van der Waals surface area (Å²) in [5.74, 6) is 0.794. The van der Waals surface area contributed by atoms with Gasteiger partial charge in [-0.1, -0.05) is 47.5 Å². The van der Waals surface area contributed by atoms with Crippen LogP contribution in [0.4, 0.5) is 16.0 Å². The first-order valence-corrected chi connectivity index (χ1v) is 10.4. The van der Waals surface area contributed by atoms with Crippen molar-refractivity contribution in [1.82, 2.24) is 19.6 Å². The molecule has 0 aliphatic heterocycles. The summed E-state index contributed by atoms with van der Waals surface area (Å²) in [5, 5.41) is 15.6. The smallest absolute Gasteiger partial charge is 0.177 e. The Morgan fingerprint density at radius 3 is 2.16 bits per heavy atom. The monoisotopic (exact) mass is 454 g/mol. The summed E-state index contributed by atoms with van der Waals surface area (Å²) in [6.07, 6.45) is 3.61. The molecule has 0 unspecified atom stereocenters. The van der Waals surface area contributed by atoms with Gasteiger partial charge >= 0.3 is 0 Å². The van der Waals surface area contributed by atoms with Gasteiger partial charge < -0.3 is 10.6 Å². The largest absolute Gasteiger partial charge is 0.316 e. The van der Waals surface area contributed by atoms with Crippen molar-refractivity contribution in [2.24, 2.45) is 0 Å². The molecule has 0 saturated heterocycles. The third-order valence-electron chi connectivity index (χ3n) is 4.61. The van der Waals surface area contributed by atoms with Crippen LogP contribution in [0.25, 0.3) is 0 Å². The minimum Gasteiger partial charge on any atom is -0.316 e. The van der Waals surface area contributed by atoms with Gasteiger partial charge in [0, 0.05) is 35.1 Å². The highest BCUT2D eigenvalue weighted by molar-refractivity contribution is 7.80. The molecule has 2 aromatic heterocycles. The van der Waals surface area contributed by atoms with E-state index < -0.39 is 0 Å². The summed E-state index contributed by atoms with van der Waals surface area (Å²) < 4.78 is 17.4. The summed E-state index contributed by atoms with van der Waals surface area (Å²) in [5.41, 5.74) is 2.78. The van der Waals surface area contributed by atoms with Gasteiger partial charge in [-0.2, -0.15) is 10.2 Å². The van der Waals surface area contributed by atoms with Crippen LogP contribution in [-0.2, 0) is 13.1 Å². The van der Waals surface area contributed by atoms with E-state index in [4.69, 9.17) is 23.8 Å². The quantitative estimate of drug-likeness (QED) is 0.397. The molecule has 2 N–H and O–H groups in total. The number of aromatic nitrogens is 4. The summed E-state index contributed by atoms with van der Waals surface area (Å²) in [4.78, 5) is 0. The number of hydrogen-bond acceptors (Lipinski definition) is 3. The summed E-state index contributed by atoms with van der Waals surface area (Å²) in [6, 6.07) is 16.5. The van der Waals surface area contributed by atoms with E-state index in [1.54, 1.807) is 29.1 Å². The topological polar surface area (TPSA) is 59.7 Å². The van der Waals surface area contributed by atoms with E-state index in [0.29, 0.717) is 33.9 Å². The second kappa shape index (κ2) is 9.28. The van der Waals surface area contributed by atoms with Gasteiger partial charge in [0.1, 0.15) is 5.82 Å². The van der Waals surface area contributed by atoms with Crippen molar-refractivity contribution in [3.05, 3.63) is 94.5 Å². The van der Waals surface area contributed by atoms with E-state index in [0.717, 1.165) is 0 Å². The summed E-state index contributed by atoms with van der Waals surface area (Å²) >= 11 is 11.4. The highest BCUT2D eigenvalue weighted by Gasteiger charge is 2.10. The molecule has 4 rings (SSSR count). The zero-order valence-electron chi connectivity index (χ0n) is 16.7. The molecule has 0 aliphatic carbocycles. The molecule has 31 heavy (non-hydrogen) atoms. The lowest BCUT2D eigenvalue weighted by Crippen LogP contribution is -2.20. The average molecular weight is 455 g/mol. The van der Waals surface area contributed by atoms with E-state index in [9.17, 15) is 4.39 Å². The van der Waals surface area contributed by atoms with Crippen LogP contribution in [0, 0.1) is 12.7 Å². The van der Waals surface area contributed by atoms with E-state index >= 15 is 0 Å². The lowest BCUT2D eigenvalue weighted by Gasteiger charge is -2.07. The van der Waals surface area contributed by atoms with E-state index in [1.807, 2.05) is 16.9 Å². The van der Waals surface area contributed by atoms with Crippen molar-refractivity contribution < 1.29 is 4.39 Å². The molecule has 2 aromatic carbocycles. The molecule has 0 fully saturated rings.